The van der Waals surface area contributed by atoms with Crippen molar-refractivity contribution < 1.29 is 14.5 Å². The van der Waals surface area contributed by atoms with Gasteiger partial charge in [0.2, 0.25) is 0 Å². The molecule has 0 heterocycles. The number of ketones is 1. The molecule has 0 aromatic heterocycles. The van der Waals surface area contributed by atoms with Crippen LogP contribution in [0.15, 0.2) is 12.1 Å². The second kappa shape index (κ2) is 4.94. The van der Waals surface area contributed by atoms with Crippen LogP contribution in [0.1, 0.15) is 24.2 Å². The fraction of sp³-hybridized carbons (Fsp3) is 0.300. The number of hydrogen-bond acceptors (Lipinski definition) is 4. The third-order valence-corrected chi connectivity index (χ3v) is 2.31. The van der Waals surface area contributed by atoms with E-state index in [0.29, 0.717) is 0 Å². The van der Waals surface area contributed by atoms with Crippen molar-refractivity contribution in [3.8, 4) is 5.75 Å². The smallest absolute Gasteiger partial charge is 0.291 e. The van der Waals surface area contributed by atoms with E-state index in [1.165, 1.54) is 19.1 Å². The van der Waals surface area contributed by atoms with E-state index >= 15 is 0 Å². The molecule has 0 aliphatic heterocycles. The Kier molecular flexibility index (Phi) is 3.84. The molecule has 0 aliphatic carbocycles. The van der Waals surface area contributed by atoms with Crippen molar-refractivity contribution in [3.05, 3.63) is 32.8 Å². The van der Waals surface area contributed by atoms with E-state index in [1.54, 1.807) is 6.92 Å². The molecule has 0 radical (unpaired) electrons. The van der Waals surface area contributed by atoms with Crippen LogP contribution in [0.25, 0.3) is 0 Å². The predicted octanol–water partition coefficient (Wildman–Crippen LogP) is 2.85. The molecule has 0 spiro atoms. The number of nitro groups is 1. The van der Waals surface area contributed by atoms with Crippen LogP contribution < -0.4 is 4.74 Å². The number of ether oxygens (including phenoxy) is 1. The van der Waals surface area contributed by atoms with Gasteiger partial charge in [0.1, 0.15) is 0 Å². The fourth-order valence-corrected chi connectivity index (χ4v) is 1.54. The molecule has 0 unspecified atom stereocenters. The van der Waals surface area contributed by atoms with E-state index < -0.39 is 4.92 Å². The van der Waals surface area contributed by atoms with E-state index in [9.17, 15) is 14.9 Å². The molecule has 0 bridgehead atoms. The van der Waals surface area contributed by atoms with E-state index in [0.717, 1.165) is 0 Å². The summed E-state index contributed by atoms with van der Waals surface area (Å²) in [4.78, 5) is 21.3. The largest absolute Gasteiger partial charge is 0.491 e. The second-order valence-corrected chi connectivity index (χ2v) is 3.40. The number of nitro benzene ring substituents is 1. The first-order chi connectivity index (χ1) is 7.49. The lowest BCUT2D eigenvalue weighted by molar-refractivity contribution is -0.384. The van der Waals surface area contributed by atoms with Crippen molar-refractivity contribution in [2.45, 2.75) is 13.8 Å². The summed E-state index contributed by atoms with van der Waals surface area (Å²) in [6.07, 6.45) is 0. The second-order valence-electron chi connectivity index (χ2n) is 3.02. The molecule has 6 heteroatoms. The minimum absolute atomic E-state index is 0.0749. The van der Waals surface area contributed by atoms with Gasteiger partial charge in [-0.1, -0.05) is 11.6 Å². The SMILES string of the molecule is CCOc1c(C(C)=O)ccc([N+](=O)[O-])c1Cl. The van der Waals surface area contributed by atoms with Crippen LogP contribution in [0, 0.1) is 10.1 Å². The maximum atomic E-state index is 11.3. The molecule has 86 valence electrons. The van der Waals surface area contributed by atoms with E-state index in [1.807, 2.05) is 0 Å². The first-order valence-corrected chi connectivity index (χ1v) is 4.97. The third-order valence-electron chi connectivity index (χ3n) is 1.94. The summed E-state index contributed by atoms with van der Waals surface area (Å²) in [5.74, 6) is -0.175. The Morgan fingerprint density at radius 1 is 1.56 bits per heavy atom. The van der Waals surface area contributed by atoms with Crippen molar-refractivity contribution in [2.75, 3.05) is 6.61 Å². The zero-order valence-electron chi connectivity index (χ0n) is 8.82. The standard InChI is InChI=1S/C10H10ClNO4/c1-3-16-10-7(6(2)13)4-5-8(9(10)11)12(14)15/h4-5H,3H2,1-2H3. The van der Waals surface area contributed by atoms with Crippen LogP contribution in [0.2, 0.25) is 5.02 Å². The van der Waals surface area contributed by atoms with Gasteiger partial charge in [0.05, 0.1) is 17.1 Å². The van der Waals surface area contributed by atoms with E-state index in [-0.39, 0.29) is 34.4 Å². The lowest BCUT2D eigenvalue weighted by Crippen LogP contribution is -2.03. The summed E-state index contributed by atoms with van der Waals surface area (Å²) in [6, 6.07) is 2.54. The van der Waals surface area contributed by atoms with Gasteiger partial charge in [0, 0.05) is 6.07 Å². The molecule has 0 aliphatic rings. The van der Waals surface area contributed by atoms with Crippen LogP contribution in [0.4, 0.5) is 5.69 Å². The molecule has 0 amide bonds. The zero-order chi connectivity index (χ0) is 12.3. The van der Waals surface area contributed by atoms with Crippen molar-refractivity contribution in [2.24, 2.45) is 0 Å². The summed E-state index contributed by atoms with van der Waals surface area (Å²) < 4.78 is 5.16. The molecule has 5 nitrogen and oxygen atoms in total. The van der Waals surface area contributed by atoms with Crippen LogP contribution in [0.3, 0.4) is 0 Å². The molecule has 1 rings (SSSR count). The lowest BCUT2D eigenvalue weighted by atomic mass is 10.1. The molecule has 0 saturated heterocycles. The Balaban J connectivity index is 3.41. The summed E-state index contributed by atoms with van der Waals surface area (Å²) in [7, 11) is 0. The van der Waals surface area contributed by atoms with Gasteiger partial charge in [-0.25, -0.2) is 0 Å². The minimum atomic E-state index is -0.616. The van der Waals surface area contributed by atoms with Crippen LogP contribution >= 0.6 is 11.6 Å². The summed E-state index contributed by atoms with van der Waals surface area (Å²) >= 11 is 5.81. The molecular weight excluding hydrogens is 234 g/mol. The Labute approximate surface area is 97.1 Å². The first kappa shape index (κ1) is 12.4. The molecule has 0 N–H and O–H groups in total. The van der Waals surface area contributed by atoms with Gasteiger partial charge in [-0.05, 0) is 19.9 Å². The average Bonchev–Trinajstić information content (AvgIpc) is 2.20. The Hall–Kier alpha value is -1.62. The van der Waals surface area contributed by atoms with Crippen LogP contribution in [-0.2, 0) is 0 Å². The van der Waals surface area contributed by atoms with Gasteiger partial charge < -0.3 is 4.74 Å². The van der Waals surface area contributed by atoms with Crippen molar-refractivity contribution in [3.63, 3.8) is 0 Å². The number of carbonyl (C=O) groups is 1. The van der Waals surface area contributed by atoms with Crippen molar-refractivity contribution in [1.82, 2.24) is 0 Å². The fourth-order valence-electron chi connectivity index (χ4n) is 1.25. The van der Waals surface area contributed by atoms with Gasteiger partial charge >= 0.3 is 0 Å². The van der Waals surface area contributed by atoms with Crippen LogP contribution in [-0.4, -0.2) is 17.3 Å². The average molecular weight is 244 g/mol. The third kappa shape index (κ3) is 2.30. The molecule has 0 saturated carbocycles. The predicted molar refractivity (Wildman–Crippen MR) is 59.3 cm³/mol. The van der Waals surface area contributed by atoms with Crippen molar-refractivity contribution >= 4 is 23.1 Å². The molecular formula is C10H10ClNO4. The van der Waals surface area contributed by atoms with E-state index in [2.05, 4.69) is 0 Å². The van der Waals surface area contributed by atoms with Gasteiger partial charge in [-0.3, -0.25) is 14.9 Å². The van der Waals surface area contributed by atoms with Gasteiger partial charge in [0.25, 0.3) is 5.69 Å². The Morgan fingerprint density at radius 2 is 2.19 bits per heavy atom. The summed E-state index contributed by atoms with van der Waals surface area (Å²) in [6.45, 7) is 3.33. The number of Topliss-reactive ketones (excluding diaryl/α,β-unsaturated/α-hetero) is 1. The monoisotopic (exact) mass is 243 g/mol. The molecule has 0 atom stereocenters. The normalized spacial score (nSPS) is 9.94. The summed E-state index contributed by atoms with van der Waals surface area (Å²) in [5, 5.41) is 10.5. The molecule has 16 heavy (non-hydrogen) atoms. The number of nitrogens with zero attached hydrogens (tertiary/aromatic N) is 1. The molecule has 0 fully saturated rings. The number of benzene rings is 1. The number of halogens is 1. The topological polar surface area (TPSA) is 69.4 Å². The number of hydrogen-bond donors (Lipinski definition) is 0. The number of carbonyl (C=O) groups excluding carboxylic acids is 1. The highest BCUT2D eigenvalue weighted by atomic mass is 35.5. The summed E-state index contributed by atoms with van der Waals surface area (Å²) in [5.41, 5.74) is -0.0208. The highest BCUT2D eigenvalue weighted by molar-refractivity contribution is 6.34. The maximum absolute atomic E-state index is 11.3. The Bertz CT molecular complexity index is 445. The minimum Gasteiger partial charge on any atom is -0.491 e. The highest BCUT2D eigenvalue weighted by Crippen LogP contribution is 2.36. The lowest BCUT2D eigenvalue weighted by Gasteiger charge is -2.09. The van der Waals surface area contributed by atoms with Crippen LogP contribution in [0.5, 0.6) is 5.75 Å². The molecule has 1 aromatic carbocycles. The van der Waals surface area contributed by atoms with Gasteiger partial charge in [-0.15, -0.1) is 0 Å². The zero-order valence-corrected chi connectivity index (χ0v) is 9.58. The van der Waals surface area contributed by atoms with E-state index in [4.69, 9.17) is 16.3 Å². The van der Waals surface area contributed by atoms with Gasteiger partial charge in [-0.2, -0.15) is 0 Å². The Morgan fingerprint density at radius 3 is 2.62 bits per heavy atom. The molecule has 1 aromatic rings. The van der Waals surface area contributed by atoms with Gasteiger partial charge in [0.15, 0.2) is 16.6 Å². The number of rotatable bonds is 4. The first-order valence-electron chi connectivity index (χ1n) is 4.59. The maximum Gasteiger partial charge on any atom is 0.291 e. The quantitative estimate of drug-likeness (QED) is 0.463. The van der Waals surface area contributed by atoms with Crippen molar-refractivity contribution in [1.29, 1.82) is 0 Å². The highest BCUT2D eigenvalue weighted by Gasteiger charge is 2.22.